The molecule has 1 N–H and O–H groups in total. The van der Waals surface area contributed by atoms with Crippen molar-refractivity contribution >= 4 is 17.3 Å². The number of benzene rings is 1. The fourth-order valence-electron chi connectivity index (χ4n) is 2.64. The number of aryl methyl sites for hydroxylation is 1. The van der Waals surface area contributed by atoms with Crippen molar-refractivity contribution in [2.24, 2.45) is 4.99 Å². The fraction of sp³-hybridized carbons (Fsp3) is 0.421. The van der Waals surface area contributed by atoms with Crippen LogP contribution in [0.2, 0.25) is 0 Å². The van der Waals surface area contributed by atoms with E-state index in [1.807, 2.05) is 13.1 Å². The molecule has 4 nitrogen and oxygen atoms in total. The first kappa shape index (κ1) is 18.3. The number of thiophene rings is 1. The van der Waals surface area contributed by atoms with E-state index in [4.69, 9.17) is 4.74 Å². The molecule has 0 spiro atoms. The van der Waals surface area contributed by atoms with Gasteiger partial charge >= 0.3 is 0 Å². The van der Waals surface area contributed by atoms with Crippen molar-refractivity contribution in [1.82, 2.24) is 10.2 Å². The third-order valence-electron chi connectivity index (χ3n) is 3.96. The highest BCUT2D eigenvalue weighted by Gasteiger charge is 2.08. The molecular weight excluding hydrogens is 318 g/mol. The third-order valence-corrected chi connectivity index (χ3v) is 4.90. The van der Waals surface area contributed by atoms with Gasteiger partial charge in [-0.3, -0.25) is 4.99 Å². The van der Waals surface area contributed by atoms with Gasteiger partial charge in [-0.25, -0.2) is 0 Å². The second-order valence-electron chi connectivity index (χ2n) is 5.79. The van der Waals surface area contributed by atoms with Crippen LogP contribution < -0.4 is 10.1 Å². The van der Waals surface area contributed by atoms with Crippen molar-refractivity contribution in [1.29, 1.82) is 0 Å². The lowest BCUT2D eigenvalue weighted by Crippen LogP contribution is -2.40. The summed E-state index contributed by atoms with van der Waals surface area (Å²) in [6.45, 7) is 3.89. The molecule has 0 radical (unpaired) electrons. The Bertz CT molecular complexity index is 653. The lowest BCUT2D eigenvalue weighted by Gasteiger charge is -2.22. The topological polar surface area (TPSA) is 36.9 Å². The van der Waals surface area contributed by atoms with Gasteiger partial charge in [-0.1, -0.05) is 23.8 Å². The van der Waals surface area contributed by atoms with Gasteiger partial charge in [0.25, 0.3) is 0 Å². The molecule has 0 unspecified atom stereocenters. The summed E-state index contributed by atoms with van der Waals surface area (Å²) in [5.41, 5.74) is 2.48. The molecule has 0 saturated carbocycles. The van der Waals surface area contributed by atoms with Gasteiger partial charge < -0.3 is 15.0 Å². The van der Waals surface area contributed by atoms with Crippen molar-refractivity contribution in [3.05, 3.63) is 51.7 Å². The number of ether oxygens (including phenoxy) is 1. The summed E-state index contributed by atoms with van der Waals surface area (Å²) in [6, 6.07) is 10.6. The summed E-state index contributed by atoms with van der Waals surface area (Å²) in [6.07, 6.45) is 1.95. The minimum Gasteiger partial charge on any atom is -0.496 e. The lowest BCUT2D eigenvalue weighted by atomic mass is 10.1. The Morgan fingerprint density at radius 3 is 2.79 bits per heavy atom. The third kappa shape index (κ3) is 5.27. The lowest BCUT2D eigenvalue weighted by molar-refractivity contribution is 0.409. The van der Waals surface area contributed by atoms with Gasteiger partial charge in [-0.2, -0.15) is 0 Å². The van der Waals surface area contributed by atoms with E-state index in [-0.39, 0.29) is 0 Å². The number of methoxy groups -OCH3 is 1. The van der Waals surface area contributed by atoms with Crippen LogP contribution in [0.3, 0.4) is 0 Å². The average Bonchev–Trinajstić information content (AvgIpc) is 3.10. The zero-order valence-corrected chi connectivity index (χ0v) is 15.8. The number of aliphatic imine (C=N–C) groups is 1. The molecule has 130 valence electrons. The van der Waals surface area contributed by atoms with Crippen LogP contribution >= 0.6 is 11.3 Å². The van der Waals surface area contributed by atoms with Crippen molar-refractivity contribution in [2.45, 2.75) is 19.8 Å². The normalized spacial score (nSPS) is 11.4. The largest absolute Gasteiger partial charge is 0.496 e. The maximum absolute atomic E-state index is 5.44. The van der Waals surface area contributed by atoms with E-state index in [1.165, 1.54) is 16.0 Å². The van der Waals surface area contributed by atoms with Crippen LogP contribution in [-0.4, -0.2) is 45.2 Å². The zero-order chi connectivity index (χ0) is 17.4. The Morgan fingerprint density at radius 2 is 2.12 bits per heavy atom. The van der Waals surface area contributed by atoms with Crippen LogP contribution in [0.15, 0.2) is 40.7 Å². The highest BCUT2D eigenvalue weighted by molar-refractivity contribution is 7.09. The molecule has 1 heterocycles. The molecule has 0 saturated heterocycles. The van der Waals surface area contributed by atoms with E-state index in [1.54, 1.807) is 18.4 Å². The maximum Gasteiger partial charge on any atom is 0.193 e. The molecule has 24 heavy (non-hydrogen) atoms. The van der Waals surface area contributed by atoms with Gasteiger partial charge in [0.15, 0.2) is 5.96 Å². The van der Waals surface area contributed by atoms with Crippen LogP contribution in [0, 0.1) is 6.92 Å². The molecule has 0 fully saturated rings. The zero-order valence-electron chi connectivity index (χ0n) is 15.0. The van der Waals surface area contributed by atoms with Crippen molar-refractivity contribution < 1.29 is 4.74 Å². The molecule has 0 aliphatic heterocycles. The van der Waals surface area contributed by atoms with E-state index >= 15 is 0 Å². The second kappa shape index (κ2) is 9.33. The monoisotopic (exact) mass is 345 g/mol. The van der Waals surface area contributed by atoms with E-state index in [2.05, 4.69) is 58.8 Å². The van der Waals surface area contributed by atoms with E-state index < -0.39 is 0 Å². The van der Waals surface area contributed by atoms with Crippen LogP contribution in [0.5, 0.6) is 5.75 Å². The summed E-state index contributed by atoms with van der Waals surface area (Å²) in [4.78, 5) is 7.96. The number of guanidine groups is 1. The molecular formula is C19H27N3OS. The Hall–Kier alpha value is -2.01. The van der Waals surface area contributed by atoms with Crippen molar-refractivity contribution in [2.75, 3.05) is 34.3 Å². The number of nitrogens with one attached hydrogen (secondary N) is 1. The molecule has 0 aliphatic rings. The number of hydrogen-bond acceptors (Lipinski definition) is 3. The van der Waals surface area contributed by atoms with Gasteiger partial charge in [0.2, 0.25) is 0 Å². The Labute approximate surface area is 149 Å². The molecule has 1 aromatic heterocycles. The van der Waals surface area contributed by atoms with Gasteiger partial charge in [-0.05, 0) is 42.8 Å². The molecule has 2 rings (SSSR count). The standard InChI is InChI=1S/C19H27N3OS/c1-15-7-8-18(23-4)16(14-15)9-11-21-19(20-2)22(3)12-10-17-6-5-13-24-17/h5-8,13-14H,9-12H2,1-4H3,(H,20,21). The van der Waals surface area contributed by atoms with Crippen LogP contribution in [-0.2, 0) is 12.8 Å². The first-order valence-electron chi connectivity index (χ1n) is 8.21. The van der Waals surface area contributed by atoms with Crippen LogP contribution in [0.25, 0.3) is 0 Å². The average molecular weight is 346 g/mol. The van der Waals surface area contributed by atoms with Gasteiger partial charge in [0.05, 0.1) is 7.11 Å². The second-order valence-corrected chi connectivity index (χ2v) is 6.82. The van der Waals surface area contributed by atoms with E-state index in [0.717, 1.165) is 37.6 Å². The molecule has 1 aromatic carbocycles. The van der Waals surface area contributed by atoms with Gasteiger partial charge in [-0.15, -0.1) is 11.3 Å². The molecule has 5 heteroatoms. The highest BCUT2D eigenvalue weighted by atomic mass is 32.1. The molecule has 0 amide bonds. The summed E-state index contributed by atoms with van der Waals surface area (Å²) >= 11 is 1.80. The highest BCUT2D eigenvalue weighted by Crippen LogP contribution is 2.19. The minimum atomic E-state index is 0.829. The predicted octanol–water partition coefficient (Wildman–Crippen LogP) is 3.36. The number of nitrogens with zero attached hydrogens (tertiary/aromatic N) is 2. The quantitative estimate of drug-likeness (QED) is 0.617. The SMILES string of the molecule is CN=C(NCCc1cc(C)ccc1OC)N(C)CCc1cccs1. The Balaban J connectivity index is 1.84. The molecule has 2 aromatic rings. The van der Waals surface area contributed by atoms with Gasteiger partial charge in [0, 0.05) is 32.1 Å². The molecule has 0 atom stereocenters. The summed E-state index contributed by atoms with van der Waals surface area (Å²) in [7, 11) is 5.63. The fourth-order valence-corrected chi connectivity index (χ4v) is 3.33. The predicted molar refractivity (Wildman–Crippen MR) is 103 cm³/mol. The van der Waals surface area contributed by atoms with Gasteiger partial charge in [0.1, 0.15) is 5.75 Å². The Morgan fingerprint density at radius 1 is 1.29 bits per heavy atom. The van der Waals surface area contributed by atoms with E-state index in [9.17, 15) is 0 Å². The van der Waals surface area contributed by atoms with E-state index in [0.29, 0.717) is 0 Å². The van der Waals surface area contributed by atoms with Crippen LogP contribution in [0.1, 0.15) is 16.0 Å². The first-order valence-corrected chi connectivity index (χ1v) is 9.09. The minimum absolute atomic E-state index is 0.829. The summed E-state index contributed by atoms with van der Waals surface area (Å²) in [5.74, 6) is 1.88. The molecule has 0 bridgehead atoms. The van der Waals surface area contributed by atoms with Crippen LogP contribution in [0.4, 0.5) is 0 Å². The number of hydrogen-bond donors (Lipinski definition) is 1. The number of likely N-dealkylation sites (N-methyl/N-ethyl adjacent to an activating group) is 1. The number of rotatable bonds is 7. The summed E-state index contributed by atoms with van der Waals surface area (Å²) < 4.78 is 5.44. The summed E-state index contributed by atoms with van der Waals surface area (Å²) in [5, 5.41) is 5.56. The first-order chi connectivity index (χ1) is 11.6. The molecule has 0 aliphatic carbocycles. The smallest absolute Gasteiger partial charge is 0.193 e. The maximum atomic E-state index is 5.44. The van der Waals surface area contributed by atoms with Crippen molar-refractivity contribution in [3.63, 3.8) is 0 Å². The van der Waals surface area contributed by atoms with Crippen molar-refractivity contribution in [3.8, 4) is 5.75 Å². The Kier molecular flexibility index (Phi) is 7.12.